The third kappa shape index (κ3) is 2.62. The standard InChI is InChI=1S/C17H19N7/c1-12-13(2)21-16(14-3-6-18-7-4-14)22-17(12)23-8-5-15(9-23)24-11-19-10-20-24/h3-4,6-7,10-11,15H,5,8-9H2,1-2H3. The normalized spacial score (nSPS) is 17.4. The van der Waals surface area contributed by atoms with E-state index in [9.17, 15) is 0 Å². The van der Waals surface area contributed by atoms with E-state index in [1.165, 1.54) is 0 Å². The molecule has 7 heteroatoms. The van der Waals surface area contributed by atoms with Crippen LogP contribution in [0.1, 0.15) is 23.7 Å². The number of anilines is 1. The maximum atomic E-state index is 4.84. The lowest BCUT2D eigenvalue weighted by Crippen LogP contribution is -2.24. The van der Waals surface area contributed by atoms with E-state index >= 15 is 0 Å². The first kappa shape index (κ1) is 14.7. The topological polar surface area (TPSA) is 72.6 Å². The monoisotopic (exact) mass is 321 g/mol. The van der Waals surface area contributed by atoms with Gasteiger partial charge in [0.2, 0.25) is 0 Å². The van der Waals surface area contributed by atoms with Crippen LogP contribution in [0.4, 0.5) is 5.82 Å². The highest BCUT2D eigenvalue weighted by Gasteiger charge is 2.27. The van der Waals surface area contributed by atoms with Crippen LogP contribution in [0.15, 0.2) is 37.2 Å². The molecule has 0 bridgehead atoms. The smallest absolute Gasteiger partial charge is 0.161 e. The van der Waals surface area contributed by atoms with Crippen molar-refractivity contribution in [3.8, 4) is 11.4 Å². The quantitative estimate of drug-likeness (QED) is 0.736. The second-order valence-corrected chi connectivity index (χ2v) is 6.08. The number of pyridine rings is 1. The van der Waals surface area contributed by atoms with Gasteiger partial charge in [0, 0.05) is 42.3 Å². The van der Waals surface area contributed by atoms with Crippen molar-refractivity contribution in [3.63, 3.8) is 0 Å². The van der Waals surface area contributed by atoms with Gasteiger partial charge in [-0.1, -0.05) is 0 Å². The number of hydrogen-bond donors (Lipinski definition) is 0. The van der Waals surface area contributed by atoms with E-state index in [1.54, 1.807) is 25.0 Å². The van der Waals surface area contributed by atoms with Gasteiger partial charge in [0.05, 0.1) is 6.04 Å². The summed E-state index contributed by atoms with van der Waals surface area (Å²) in [7, 11) is 0. The molecule has 0 aliphatic carbocycles. The summed E-state index contributed by atoms with van der Waals surface area (Å²) in [5.41, 5.74) is 3.13. The molecule has 7 nitrogen and oxygen atoms in total. The van der Waals surface area contributed by atoms with Crippen LogP contribution in [-0.2, 0) is 0 Å². The van der Waals surface area contributed by atoms with Crippen molar-refractivity contribution >= 4 is 5.82 Å². The Morgan fingerprint density at radius 1 is 1.08 bits per heavy atom. The molecule has 4 heterocycles. The third-order valence-corrected chi connectivity index (χ3v) is 4.58. The largest absolute Gasteiger partial charge is 0.354 e. The summed E-state index contributed by atoms with van der Waals surface area (Å²) < 4.78 is 1.94. The Bertz CT molecular complexity index is 830. The predicted molar refractivity (Wildman–Crippen MR) is 90.6 cm³/mol. The molecule has 1 fully saturated rings. The number of nitrogens with zero attached hydrogens (tertiary/aromatic N) is 7. The van der Waals surface area contributed by atoms with E-state index in [0.717, 1.165) is 48.0 Å². The number of aryl methyl sites for hydroxylation is 1. The molecule has 0 saturated carbocycles. The van der Waals surface area contributed by atoms with E-state index in [-0.39, 0.29) is 0 Å². The van der Waals surface area contributed by atoms with E-state index in [0.29, 0.717) is 6.04 Å². The minimum absolute atomic E-state index is 0.339. The van der Waals surface area contributed by atoms with Gasteiger partial charge in [-0.05, 0) is 32.4 Å². The first-order valence-electron chi connectivity index (χ1n) is 8.07. The van der Waals surface area contributed by atoms with Crippen LogP contribution in [0.2, 0.25) is 0 Å². The van der Waals surface area contributed by atoms with Crippen LogP contribution in [0, 0.1) is 13.8 Å². The number of hydrogen-bond acceptors (Lipinski definition) is 6. The summed E-state index contributed by atoms with van der Waals surface area (Å²) in [5.74, 6) is 1.76. The summed E-state index contributed by atoms with van der Waals surface area (Å²) in [6.45, 7) is 5.97. The van der Waals surface area contributed by atoms with E-state index in [4.69, 9.17) is 4.98 Å². The zero-order valence-electron chi connectivity index (χ0n) is 13.8. The van der Waals surface area contributed by atoms with Crippen molar-refractivity contribution in [2.45, 2.75) is 26.3 Å². The van der Waals surface area contributed by atoms with Crippen LogP contribution in [0.25, 0.3) is 11.4 Å². The van der Waals surface area contributed by atoms with Crippen LogP contribution >= 0.6 is 0 Å². The van der Waals surface area contributed by atoms with Gasteiger partial charge >= 0.3 is 0 Å². The molecule has 1 atom stereocenters. The van der Waals surface area contributed by atoms with Gasteiger partial charge in [-0.3, -0.25) is 4.98 Å². The van der Waals surface area contributed by atoms with Crippen molar-refractivity contribution < 1.29 is 0 Å². The lowest BCUT2D eigenvalue weighted by Gasteiger charge is -2.21. The average Bonchev–Trinajstić information content (AvgIpc) is 3.29. The molecule has 0 spiro atoms. The van der Waals surface area contributed by atoms with Gasteiger partial charge in [0.1, 0.15) is 18.5 Å². The molecular weight excluding hydrogens is 302 g/mol. The van der Waals surface area contributed by atoms with Crippen molar-refractivity contribution in [3.05, 3.63) is 48.4 Å². The molecule has 122 valence electrons. The van der Waals surface area contributed by atoms with Crippen molar-refractivity contribution in [1.29, 1.82) is 0 Å². The number of aromatic nitrogens is 6. The Hall–Kier alpha value is -2.83. The molecule has 0 aromatic carbocycles. The predicted octanol–water partition coefficient (Wildman–Crippen LogP) is 2.20. The van der Waals surface area contributed by atoms with Gasteiger partial charge in [-0.25, -0.2) is 19.6 Å². The fourth-order valence-electron chi connectivity index (χ4n) is 3.11. The second-order valence-electron chi connectivity index (χ2n) is 6.08. The first-order chi connectivity index (χ1) is 11.7. The lowest BCUT2D eigenvalue weighted by atomic mass is 10.2. The molecule has 3 aromatic rings. The molecule has 1 unspecified atom stereocenters. The second kappa shape index (κ2) is 5.99. The fourth-order valence-corrected chi connectivity index (χ4v) is 3.11. The Labute approximate surface area is 140 Å². The van der Waals surface area contributed by atoms with E-state index < -0.39 is 0 Å². The van der Waals surface area contributed by atoms with E-state index in [2.05, 4.69) is 31.9 Å². The minimum Gasteiger partial charge on any atom is -0.354 e. The van der Waals surface area contributed by atoms with Gasteiger partial charge in [-0.2, -0.15) is 5.10 Å². The highest BCUT2D eigenvalue weighted by atomic mass is 15.4. The summed E-state index contributed by atoms with van der Waals surface area (Å²) in [4.78, 5) is 19.9. The Morgan fingerprint density at radius 2 is 1.92 bits per heavy atom. The molecule has 1 aliphatic heterocycles. The fraction of sp³-hybridized carbons (Fsp3) is 0.353. The molecule has 4 rings (SSSR count). The maximum Gasteiger partial charge on any atom is 0.161 e. The average molecular weight is 321 g/mol. The van der Waals surface area contributed by atoms with Gasteiger partial charge < -0.3 is 4.90 Å². The zero-order valence-corrected chi connectivity index (χ0v) is 13.8. The van der Waals surface area contributed by atoms with Gasteiger partial charge in [-0.15, -0.1) is 0 Å². The molecule has 0 amide bonds. The molecule has 0 N–H and O–H groups in total. The number of rotatable bonds is 3. The molecule has 0 radical (unpaired) electrons. The highest BCUT2D eigenvalue weighted by molar-refractivity contribution is 5.60. The van der Waals surface area contributed by atoms with Crippen LogP contribution < -0.4 is 4.90 Å². The SMILES string of the molecule is Cc1nc(-c2ccncc2)nc(N2CCC(n3cncn3)C2)c1C. The molecular formula is C17H19N7. The van der Waals surface area contributed by atoms with Gasteiger partial charge in [0.15, 0.2) is 5.82 Å². The Morgan fingerprint density at radius 3 is 2.67 bits per heavy atom. The van der Waals surface area contributed by atoms with Crippen LogP contribution in [-0.4, -0.2) is 42.8 Å². The summed E-state index contributed by atoms with van der Waals surface area (Å²) >= 11 is 0. The Balaban J connectivity index is 1.67. The summed E-state index contributed by atoms with van der Waals surface area (Å²) in [6, 6.07) is 4.22. The highest BCUT2D eigenvalue weighted by Crippen LogP contribution is 2.30. The van der Waals surface area contributed by atoms with Crippen molar-refractivity contribution in [2.75, 3.05) is 18.0 Å². The zero-order chi connectivity index (χ0) is 16.5. The molecule has 1 saturated heterocycles. The molecule has 3 aromatic heterocycles. The minimum atomic E-state index is 0.339. The van der Waals surface area contributed by atoms with Crippen molar-refractivity contribution in [2.24, 2.45) is 0 Å². The summed E-state index contributed by atoms with van der Waals surface area (Å²) in [5, 5.41) is 4.27. The molecule has 1 aliphatic rings. The Kier molecular flexibility index (Phi) is 3.68. The van der Waals surface area contributed by atoms with Crippen LogP contribution in [0.5, 0.6) is 0 Å². The lowest BCUT2D eigenvalue weighted by molar-refractivity contribution is 0.493. The van der Waals surface area contributed by atoms with Crippen molar-refractivity contribution in [1.82, 2.24) is 29.7 Å². The maximum absolute atomic E-state index is 4.84. The molecule has 24 heavy (non-hydrogen) atoms. The van der Waals surface area contributed by atoms with Gasteiger partial charge in [0.25, 0.3) is 0 Å². The third-order valence-electron chi connectivity index (χ3n) is 4.58. The van der Waals surface area contributed by atoms with Crippen LogP contribution in [0.3, 0.4) is 0 Å². The summed E-state index contributed by atoms with van der Waals surface area (Å²) in [6.07, 6.45) is 7.95. The first-order valence-corrected chi connectivity index (χ1v) is 8.07. The van der Waals surface area contributed by atoms with E-state index in [1.807, 2.05) is 23.7 Å².